The van der Waals surface area contributed by atoms with Crippen molar-refractivity contribution in [1.29, 1.82) is 5.26 Å². The Hall–Kier alpha value is -2.33. The number of nitrogens with zero attached hydrogens (tertiary/aromatic N) is 3. The van der Waals surface area contributed by atoms with Gasteiger partial charge in [0.15, 0.2) is 5.82 Å². The third-order valence-corrected chi connectivity index (χ3v) is 2.89. The molecule has 0 aliphatic carbocycles. The Bertz CT molecular complexity index is 653. The fourth-order valence-electron chi connectivity index (χ4n) is 1.49. The van der Waals surface area contributed by atoms with Gasteiger partial charge >= 0.3 is 0 Å². The lowest BCUT2D eigenvalue weighted by molar-refractivity contribution is 0.399. The van der Waals surface area contributed by atoms with Gasteiger partial charge in [-0.3, -0.25) is 0 Å². The van der Waals surface area contributed by atoms with Crippen LogP contribution in [0.2, 0.25) is 0 Å². The highest BCUT2D eigenvalue weighted by Gasteiger charge is 2.10. The number of aromatic nitrogens is 2. The van der Waals surface area contributed by atoms with Gasteiger partial charge in [-0.15, -0.1) is 0 Å². The summed E-state index contributed by atoms with van der Waals surface area (Å²) < 4.78 is 5.85. The van der Waals surface area contributed by atoms with Gasteiger partial charge in [0, 0.05) is 4.47 Å². The predicted octanol–water partition coefficient (Wildman–Crippen LogP) is 2.45. The molecule has 0 spiro atoms. The molecule has 0 fully saturated rings. The number of anilines is 3. The number of nitrogens with one attached hydrogen (secondary N) is 1. The van der Waals surface area contributed by atoms with Crippen molar-refractivity contribution in [3.05, 3.63) is 34.6 Å². The number of nitrogens with two attached hydrogens (primary N) is 1. The van der Waals surface area contributed by atoms with E-state index in [2.05, 4.69) is 37.3 Å². The van der Waals surface area contributed by atoms with Crippen LogP contribution in [-0.2, 0) is 0 Å². The van der Waals surface area contributed by atoms with E-state index in [0.29, 0.717) is 17.1 Å². The third kappa shape index (κ3) is 2.74. The van der Waals surface area contributed by atoms with Crippen LogP contribution < -0.4 is 15.8 Å². The number of ether oxygens (including phenoxy) is 1. The third-order valence-electron chi connectivity index (χ3n) is 2.40. The van der Waals surface area contributed by atoms with Crippen LogP contribution in [0.25, 0.3) is 0 Å². The number of nitrogen functional groups attached to an aromatic ring is 1. The zero-order valence-electron chi connectivity index (χ0n) is 10.0. The first-order valence-corrected chi connectivity index (χ1v) is 6.06. The summed E-state index contributed by atoms with van der Waals surface area (Å²) in [7, 11) is 1.47. The molecule has 2 rings (SSSR count). The summed E-state index contributed by atoms with van der Waals surface area (Å²) in [5.41, 5.74) is 7.24. The van der Waals surface area contributed by atoms with E-state index in [4.69, 9.17) is 15.7 Å². The van der Waals surface area contributed by atoms with E-state index in [-0.39, 0.29) is 11.6 Å². The van der Waals surface area contributed by atoms with Crippen LogP contribution in [0.5, 0.6) is 5.88 Å². The topological polar surface area (TPSA) is 96.9 Å². The van der Waals surface area contributed by atoms with E-state index < -0.39 is 0 Å². The SMILES string of the molecule is COc1ncnc(Nc2cc(Br)ccc2C#N)c1N. The van der Waals surface area contributed by atoms with Crippen molar-refractivity contribution in [2.75, 3.05) is 18.2 Å². The van der Waals surface area contributed by atoms with Gasteiger partial charge in [-0.25, -0.2) is 4.98 Å². The van der Waals surface area contributed by atoms with Crippen molar-refractivity contribution in [2.24, 2.45) is 0 Å². The zero-order valence-corrected chi connectivity index (χ0v) is 11.6. The van der Waals surface area contributed by atoms with Crippen LogP contribution in [0.1, 0.15) is 5.56 Å². The lowest BCUT2D eigenvalue weighted by atomic mass is 10.2. The molecule has 0 saturated carbocycles. The van der Waals surface area contributed by atoms with Crippen molar-refractivity contribution in [3.8, 4) is 11.9 Å². The molecule has 6 nitrogen and oxygen atoms in total. The minimum Gasteiger partial charge on any atom is -0.479 e. The number of halogens is 1. The van der Waals surface area contributed by atoms with Gasteiger partial charge in [-0.1, -0.05) is 15.9 Å². The van der Waals surface area contributed by atoms with E-state index in [1.165, 1.54) is 13.4 Å². The molecule has 0 atom stereocenters. The van der Waals surface area contributed by atoms with E-state index in [0.717, 1.165) is 4.47 Å². The number of rotatable bonds is 3. The first-order valence-electron chi connectivity index (χ1n) is 5.27. The largest absolute Gasteiger partial charge is 0.479 e. The van der Waals surface area contributed by atoms with E-state index in [9.17, 15) is 0 Å². The fourth-order valence-corrected chi connectivity index (χ4v) is 1.85. The van der Waals surface area contributed by atoms with Gasteiger partial charge in [-0.2, -0.15) is 10.2 Å². The summed E-state index contributed by atoms with van der Waals surface area (Å²) in [6.45, 7) is 0. The summed E-state index contributed by atoms with van der Waals surface area (Å²) >= 11 is 3.35. The van der Waals surface area contributed by atoms with Crippen molar-refractivity contribution < 1.29 is 4.74 Å². The van der Waals surface area contributed by atoms with Crippen LogP contribution >= 0.6 is 15.9 Å². The molecular weight excluding hydrogens is 310 g/mol. The minimum atomic E-state index is 0.283. The Balaban J connectivity index is 2.42. The summed E-state index contributed by atoms with van der Waals surface area (Å²) in [4.78, 5) is 7.92. The van der Waals surface area contributed by atoms with Gasteiger partial charge in [0.25, 0.3) is 0 Å². The second kappa shape index (κ2) is 5.54. The van der Waals surface area contributed by atoms with Crippen LogP contribution in [0.4, 0.5) is 17.2 Å². The smallest absolute Gasteiger partial charge is 0.242 e. The fraction of sp³-hybridized carbons (Fsp3) is 0.0833. The Morgan fingerprint density at radius 2 is 2.21 bits per heavy atom. The summed E-state index contributed by atoms with van der Waals surface area (Å²) in [5, 5.41) is 12.1. The summed E-state index contributed by atoms with van der Waals surface area (Å²) in [6.07, 6.45) is 1.33. The lowest BCUT2D eigenvalue weighted by Crippen LogP contribution is -2.04. The molecule has 0 amide bonds. The second-order valence-corrected chi connectivity index (χ2v) is 4.49. The van der Waals surface area contributed by atoms with E-state index in [1.54, 1.807) is 18.2 Å². The quantitative estimate of drug-likeness (QED) is 0.901. The standard InChI is InChI=1S/C12H10BrN5O/c1-19-12-10(15)11(16-6-17-12)18-9-4-8(13)3-2-7(9)5-14/h2-4,6H,15H2,1H3,(H,16,17,18). The molecule has 1 aromatic heterocycles. The van der Waals surface area contributed by atoms with Crippen molar-refractivity contribution in [2.45, 2.75) is 0 Å². The van der Waals surface area contributed by atoms with Gasteiger partial charge < -0.3 is 15.8 Å². The highest BCUT2D eigenvalue weighted by atomic mass is 79.9. The molecular formula is C12H10BrN5O. The van der Waals surface area contributed by atoms with Crippen LogP contribution in [0.3, 0.4) is 0 Å². The summed E-state index contributed by atoms with van der Waals surface area (Å²) in [5.74, 6) is 0.674. The molecule has 0 aliphatic heterocycles. The maximum Gasteiger partial charge on any atom is 0.242 e. The molecule has 0 unspecified atom stereocenters. The minimum absolute atomic E-state index is 0.283. The van der Waals surface area contributed by atoms with Crippen molar-refractivity contribution in [1.82, 2.24) is 9.97 Å². The zero-order chi connectivity index (χ0) is 13.8. The highest BCUT2D eigenvalue weighted by molar-refractivity contribution is 9.10. The first-order chi connectivity index (χ1) is 9.15. The lowest BCUT2D eigenvalue weighted by Gasteiger charge is -2.11. The van der Waals surface area contributed by atoms with Crippen LogP contribution in [0.15, 0.2) is 29.0 Å². The Morgan fingerprint density at radius 3 is 2.89 bits per heavy atom. The molecule has 0 aliphatic rings. The van der Waals surface area contributed by atoms with Gasteiger partial charge in [0.2, 0.25) is 5.88 Å². The molecule has 3 N–H and O–H groups in total. The average molecular weight is 320 g/mol. The molecule has 0 saturated heterocycles. The molecule has 1 aromatic carbocycles. The molecule has 2 aromatic rings. The number of benzene rings is 1. The molecule has 7 heteroatoms. The highest BCUT2D eigenvalue weighted by Crippen LogP contribution is 2.29. The average Bonchev–Trinajstić information content (AvgIpc) is 2.41. The normalized spacial score (nSPS) is 9.74. The predicted molar refractivity (Wildman–Crippen MR) is 75.1 cm³/mol. The van der Waals surface area contributed by atoms with Gasteiger partial charge in [0.05, 0.1) is 18.4 Å². The van der Waals surface area contributed by atoms with Crippen molar-refractivity contribution >= 4 is 33.1 Å². The van der Waals surface area contributed by atoms with Crippen LogP contribution in [0, 0.1) is 11.3 Å². The van der Waals surface area contributed by atoms with Crippen LogP contribution in [-0.4, -0.2) is 17.1 Å². The van der Waals surface area contributed by atoms with Crippen molar-refractivity contribution in [3.63, 3.8) is 0 Å². The number of nitriles is 1. The van der Waals surface area contributed by atoms with Gasteiger partial charge in [-0.05, 0) is 18.2 Å². The molecule has 0 bridgehead atoms. The van der Waals surface area contributed by atoms with E-state index >= 15 is 0 Å². The van der Waals surface area contributed by atoms with Gasteiger partial charge in [0.1, 0.15) is 18.1 Å². The first kappa shape index (κ1) is 13.1. The monoisotopic (exact) mass is 319 g/mol. The molecule has 1 heterocycles. The number of hydrogen-bond acceptors (Lipinski definition) is 6. The Morgan fingerprint density at radius 1 is 1.42 bits per heavy atom. The summed E-state index contributed by atoms with van der Waals surface area (Å²) in [6, 6.07) is 7.34. The maximum absolute atomic E-state index is 9.06. The second-order valence-electron chi connectivity index (χ2n) is 3.57. The van der Waals surface area contributed by atoms with E-state index in [1.807, 2.05) is 0 Å². The molecule has 96 valence electrons. The Kier molecular flexibility index (Phi) is 3.82. The molecule has 19 heavy (non-hydrogen) atoms. The number of hydrogen-bond donors (Lipinski definition) is 2. The Labute approximate surface area is 118 Å². The maximum atomic E-state index is 9.06. The number of methoxy groups -OCH3 is 1. The molecule has 0 radical (unpaired) electrons.